The topological polar surface area (TPSA) is 74.7 Å². The molecule has 20 heavy (non-hydrogen) atoms. The van der Waals surface area contributed by atoms with Crippen LogP contribution in [0.1, 0.15) is 15.2 Å². The zero-order chi connectivity index (χ0) is 14.9. The maximum atomic E-state index is 12.5. The monoisotopic (exact) mass is 311 g/mol. The van der Waals surface area contributed by atoms with Gasteiger partial charge in [-0.2, -0.15) is 0 Å². The fourth-order valence-electron chi connectivity index (χ4n) is 1.70. The van der Waals surface area contributed by atoms with Gasteiger partial charge in [0, 0.05) is 7.05 Å². The van der Waals surface area contributed by atoms with E-state index in [4.69, 9.17) is 5.11 Å². The van der Waals surface area contributed by atoms with E-state index in [-0.39, 0.29) is 9.09 Å². The maximum absolute atomic E-state index is 12.5. The van der Waals surface area contributed by atoms with Crippen LogP contribution in [0.15, 0.2) is 40.6 Å². The lowest BCUT2D eigenvalue weighted by molar-refractivity contribution is 0.0701. The van der Waals surface area contributed by atoms with Crippen molar-refractivity contribution in [3.05, 3.63) is 46.8 Å². The van der Waals surface area contributed by atoms with Crippen molar-refractivity contribution in [2.45, 2.75) is 11.1 Å². The van der Waals surface area contributed by atoms with Gasteiger partial charge in [-0.1, -0.05) is 18.2 Å². The number of thiophene rings is 1. The summed E-state index contributed by atoms with van der Waals surface area (Å²) >= 11 is 0.768. The van der Waals surface area contributed by atoms with E-state index in [9.17, 15) is 13.2 Å². The highest BCUT2D eigenvalue weighted by molar-refractivity contribution is 7.94. The summed E-state index contributed by atoms with van der Waals surface area (Å²) in [7, 11) is -2.29. The Morgan fingerprint density at radius 3 is 2.35 bits per heavy atom. The molecule has 0 aliphatic heterocycles. The van der Waals surface area contributed by atoms with Gasteiger partial charge in [0.15, 0.2) is 0 Å². The molecular formula is C13H13NO4S2. The molecule has 0 radical (unpaired) electrons. The van der Waals surface area contributed by atoms with Gasteiger partial charge in [-0.3, -0.25) is 4.31 Å². The Kier molecular flexibility index (Phi) is 3.82. The lowest BCUT2D eigenvalue weighted by Crippen LogP contribution is -2.25. The van der Waals surface area contributed by atoms with Crippen LogP contribution in [0.3, 0.4) is 0 Å². The number of nitrogens with zero attached hydrogens (tertiary/aromatic N) is 1. The minimum absolute atomic E-state index is 0.0266. The van der Waals surface area contributed by atoms with Crippen molar-refractivity contribution < 1.29 is 18.3 Å². The molecule has 1 aromatic carbocycles. The molecule has 0 bridgehead atoms. The first-order valence-corrected chi connectivity index (χ1v) is 7.97. The molecule has 0 spiro atoms. The molecule has 0 aliphatic carbocycles. The summed E-state index contributed by atoms with van der Waals surface area (Å²) in [4.78, 5) is 11.1. The van der Waals surface area contributed by atoms with Crippen LogP contribution in [0.25, 0.3) is 0 Å². The maximum Gasteiger partial charge on any atom is 0.346 e. The highest BCUT2D eigenvalue weighted by atomic mass is 32.2. The Hall–Kier alpha value is -1.86. The lowest BCUT2D eigenvalue weighted by atomic mass is 10.3. The Morgan fingerprint density at radius 1 is 1.25 bits per heavy atom. The predicted molar refractivity (Wildman–Crippen MR) is 78.0 cm³/mol. The molecule has 5 nitrogen and oxygen atoms in total. The van der Waals surface area contributed by atoms with E-state index in [2.05, 4.69) is 0 Å². The van der Waals surface area contributed by atoms with Crippen molar-refractivity contribution in [2.24, 2.45) is 0 Å². The lowest BCUT2D eigenvalue weighted by Gasteiger charge is -2.18. The third-order valence-electron chi connectivity index (χ3n) is 2.82. The van der Waals surface area contributed by atoms with E-state index in [1.807, 2.05) is 0 Å². The average molecular weight is 311 g/mol. The molecule has 0 amide bonds. The van der Waals surface area contributed by atoms with E-state index >= 15 is 0 Å². The molecule has 0 atom stereocenters. The summed E-state index contributed by atoms with van der Waals surface area (Å²) in [5, 5.41) is 9.00. The summed E-state index contributed by atoms with van der Waals surface area (Å²) in [5.41, 5.74) is 0.970. The van der Waals surface area contributed by atoms with Gasteiger partial charge in [-0.25, -0.2) is 13.2 Å². The smallest absolute Gasteiger partial charge is 0.346 e. The SMILES string of the molecule is Cc1cc(S(=O)(=O)N(C)c2ccccc2)sc1C(=O)O. The van der Waals surface area contributed by atoms with E-state index in [0.29, 0.717) is 11.3 Å². The van der Waals surface area contributed by atoms with Crippen LogP contribution >= 0.6 is 11.3 Å². The van der Waals surface area contributed by atoms with Gasteiger partial charge in [0.25, 0.3) is 10.0 Å². The van der Waals surface area contributed by atoms with Gasteiger partial charge in [-0.15, -0.1) is 11.3 Å². The van der Waals surface area contributed by atoms with Crippen LogP contribution < -0.4 is 4.31 Å². The van der Waals surface area contributed by atoms with Crippen LogP contribution in [-0.2, 0) is 10.0 Å². The summed E-state index contributed by atoms with van der Waals surface area (Å²) in [5.74, 6) is -1.11. The first-order chi connectivity index (χ1) is 9.34. The van der Waals surface area contributed by atoms with Crippen LogP contribution in [0.5, 0.6) is 0 Å². The molecule has 7 heteroatoms. The normalized spacial score (nSPS) is 11.3. The second kappa shape index (κ2) is 5.26. The first kappa shape index (κ1) is 14.5. The number of hydrogen-bond acceptors (Lipinski definition) is 4. The Bertz CT molecular complexity index is 735. The first-order valence-electron chi connectivity index (χ1n) is 5.71. The van der Waals surface area contributed by atoms with Crippen molar-refractivity contribution in [1.29, 1.82) is 0 Å². The molecule has 2 aromatic rings. The summed E-state index contributed by atoms with van der Waals surface area (Å²) < 4.78 is 26.1. The zero-order valence-electron chi connectivity index (χ0n) is 10.9. The number of para-hydroxylation sites is 1. The average Bonchev–Trinajstić information content (AvgIpc) is 2.82. The molecule has 0 saturated carbocycles. The van der Waals surface area contributed by atoms with Crippen LogP contribution in [-0.4, -0.2) is 26.5 Å². The number of aromatic carboxylic acids is 1. The van der Waals surface area contributed by atoms with Crippen molar-refractivity contribution in [1.82, 2.24) is 0 Å². The van der Waals surface area contributed by atoms with E-state index in [1.165, 1.54) is 13.1 Å². The highest BCUT2D eigenvalue weighted by Crippen LogP contribution is 2.30. The molecule has 0 aliphatic rings. The number of carbonyl (C=O) groups is 1. The molecule has 2 rings (SSSR count). The number of hydrogen-bond donors (Lipinski definition) is 1. The van der Waals surface area contributed by atoms with Crippen molar-refractivity contribution in [3.8, 4) is 0 Å². The van der Waals surface area contributed by atoms with E-state index < -0.39 is 16.0 Å². The third kappa shape index (κ3) is 2.54. The number of carboxylic acids is 1. The molecule has 0 fully saturated rings. The van der Waals surface area contributed by atoms with Crippen LogP contribution in [0, 0.1) is 6.92 Å². The molecule has 1 heterocycles. The van der Waals surface area contributed by atoms with Crippen LogP contribution in [0.4, 0.5) is 5.69 Å². The van der Waals surface area contributed by atoms with Crippen molar-refractivity contribution >= 4 is 33.0 Å². The second-order valence-electron chi connectivity index (χ2n) is 4.19. The van der Waals surface area contributed by atoms with Crippen LogP contribution in [0.2, 0.25) is 0 Å². The van der Waals surface area contributed by atoms with Crippen molar-refractivity contribution in [3.63, 3.8) is 0 Å². The van der Waals surface area contributed by atoms with Gasteiger partial charge in [0.05, 0.1) is 5.69 Å². The summed E-state index contributed by atoms with van der Waals surface area (Å²) in [6.07, 6.45) is 0. The number of anilines is 1. The third-order valence-corrected chi connectivity index (χ3v) is 6.28. The predicted octanol–water partition coefficient (Wildman–Crippen LogP) is 2.58. The van der Waals surface area contributed by atoms with E-state index in [0.717, 1.165) is 15.6 Å². The molecule has 0 saturated heterocycles. The van der Waals surface area contributed by atoms with Gasteiger partial charge < -0.3 is 5.11 Å². The molecular weight excluding hydrogens is 298 g/mol. The van der Waals surface area contributed by atoms with Gasteiger partial charge >= 0.3 is 5.97 Å². The molecule has 106 valence electrons. The quantitative estimate of drug-likeness (QED) is 0.941. The largest absolute Gasteiger partial charge is 0.477 e. The minimum Gasteiger partial charge on any atom is -0.477 e. The molecule has 1 N–H and O–H groups in total. The fraction of sp³-hybridized carbons (Fsp3) is 0.154. The van der Waals surface area contributed by atoms with Gasteiger partial charge in [0.1, 0.15) is 9.09 Å². The summed E-state index contributed by atoms with van der Waals surface area (Å²) in [6, 6.07) is 10.0. The van der Waals surface area contributed by atoms with E-state index in [1.54, 1.807) is 37.3 Å². The number of benzene rings is 1. The Morgan fingerprint density at radius 2 is 1.85 bits per heavy atom. The fourth-order valence-corrected chi connectivity index (χ4v) is 4.45. The molecule has 1 aromatic heterocycles. The Labute approximate surface area is 121 Å². The Balaban J connectivity index is 2.46. The number of rotatable bonds is 4. The number of aryl methyl sites for hydroxylation is 1. The van der Waals surface area contributed by atoms with Crippen molar-refractivity contribution in [2.75, 3.05) is 11.4 Å². The summed E-state index contributed by atoms with van der Waals surface area (Å²) in [6.45, 7) is 1.58. The standard InChI is InChI=1S/C13H13NO4S2/c1-9-8-11(19-12(9)13(15)16)20(17,18)14(2)10-6-4-3-5-7-10/h3-8H,1-2H3,(H,15,16). The number of sulfonamides is 1. The minimum atomic E-state index is -3.74. The molecule has 0 unspecified atom stereocenters. The van der Waals surface area contributed by atoms with Gasteiger partial charge in [-0.05, 0) is 30.7 Å². The highest BCUT2D eigenvalue weighted by Gasteiger charge is 2.26. The zero-order valence-corrected chi connectivity index (χ0v) is 12.5. The number of carboxylic acid groups (broad SMARTS) is 1. The second-order valence-corrected chi connectivity index (χ2v) is 7.44. The van der Waals surface area contributed by atoms with Gasteiger partial charge in [0.2, 0.25) is 0 Å².